The van der Waals surface area contributed by atoms with Gasteiger partial charge >= 0.3 is 6.29 Å². The van der Waals surface area contributed by atoms with Crippen molar-refractivity contribution in [3.05, 3.63) is 22.7 Å². The summed E-state index contributed by atoms with van der Waals surface area (Å²) in [6.45, 7) is 0. The topological polar surface area (TPSA) is 42.2 Å². The van der Waals surface area contributed by atoms with Crippen molar-refractivity contribution in [1.29, 1.82) is 5.26 Å². The van der Waals surface area contributed by atoms with Crippen LogP contribution in [0.2, 0.25) is 5.02 Å². The second-order valence-corrected chi connectivity index (χ2v) is 2.97. The number of benzene rings is 1. The summed E-state index contributed by atoms with van der Waals surface area (Å²) in [6.07, 6.45) is -3.71. The fraction of sp³-hybridized carbons (Fsp3) is 0.125. The van der Waals surface area contributed by atoms with Crippen molar-refractivity contribution in [3.8, 4) is 17.6 Å². The first-order valence-electron chi connectivity index (χ1n) is 3.51. The van der Waals surface area contributed by atoms with E-state index in [0.717, 1.165) is 6.07 Å². The fourth-order valence-corrected chi connectivity index (χ4v) is 1.32. The Labute approximate surface area is 82.4 Å². The van der Waals surface area contributed by atoms with E-state index >= 15 is 0 Å². The van der Waals surface area contributed by atoms with Gasteiger partial charge in [-0.1, -0.05) is 11.6 Å². The molecule has 6 heteroatoms. The molecule has 1 aromatic rings. The molecule has 0 atom stereocenters. The number of rotatable bonds is 0. The van der Waals surface area contributed by atoms with Crippen LogP contribution in [0.5, 0.6) is 11.5 Å². The lowest BCUT2D eigenvalue weighted by atomic mass is 10.2. The molecule has 3 nitrogen and oxygen atoms in total. The van der Waals surface area contributed by atoms with Crippen LogP contribution in [0.15, 0.2) is 12.1 Å². The van der Waals surface area contributed by atoms with Crippen molar-refractivity contribution in [1.82, 2.24) is 0 Å². The predicted octanol–water partition coefficient (Wildman–Crippen LogP) is 2.53. The molecule has 1 heterocycles. The third-order valence-electron chi connectivity index (χ3n) is 1.59. The summed E-state index contributed by atoms with van der Waals surface area (Å²) in [4.78, 5) is 0. The second kappa shape index (κ2) is 2.72. The van der Waals surface area contributed by atoms with Crippen LogP contribution >= 0.6 is 11.6 Å². The Morgan fingerprint density at radius 3 is 2.71 bits per heavy atom. The quantitative estimate of drug-likeness (QED) is 0.671. The molecule has 14 heavy (non-hydrogen) atoms. The molecule has 0 saturated heterocycles. The maximum Gasteiger partial charge on any atom is 0.586 e. The molecule has 0 aromatic heterocycles. The Morgan fingerprint density at radius 1 is 1.36 bits per heavy atom. The van der Waals surface area contributed by atoms with Gasteiger partial charge in [0.2, 0.25) is 0 Å². The van der Waals surface area contributed by atoms with Gasteiger partial charge in [0.1, 0.15) is 0 Å². The largest absolute Gasteiger partial charge is 0.586 e. The van der Waals surface area contributed by atoms with Crippen molar-refractivity contribution in [2.75, 3.05) is 0 Å². The Bertz CT molecular complexity index is 442. The number of hydrogen-bond donors (Lipinski definition) is 0. The number of nitriles is 1. The predicted molar refractivity (Wildman–Crippen MR) is 42.4 cm³/mol. The van der Waals surface area contributed by atoms with E-state index in [-0.39, 0.29) is 22.1 Å². The van der Waals surface area contributed by atoms with Crippen LogP contribution in [0.4, 0.5) is 8.78 Å². The molecule has 1 aliphatic rings. The molecule has 0 amide bonds. The normalized spacial score (nSPS) is 16.4. The van der Waals surface area contributed by atoms with Crippen LogP contribution in [-0.4, -0.2) is 6.29 Å². The molecule has 0 N–H and O–H groups in total. The lowest BCUT2D eigenvalue weighted by Gasteiger charge is -2.04. The van der Waals surface area contributed by atoms with Gasteiger partial charge in [0.15, 0.2) is 11.5 Å². The third-order valence-corrected chi connectivity index (χ3v) is 1.87. The van der Waals surface area contributed by atoms with E-state index in [1.807, 2.05) is 0 Å². The van der Waals surface area contributed by atoms with Gasteiger partial charge in [0.25, 0.3) is 0 Å². The Hall–Kier alpha value is -1.54. The first kappa shape index (κ1) is 9.03. The first-order valence-corrected chi connectivity index (χ1v) is 3.89. The average molecular weight is 218 g/mol. The molecule has 2 rings (SSSR count). The average Bonchev–Trinajstić information content (AvgIpc) is 2.40. The zero-order valence-corrected chi connectivity index (χ0v) is 7.31. The number of fused-ring (bicyclic) bond motifs is 1. The zero-order chi connectivity index (χ0) is 10.3. The van der Waals surface area contributed by atoms with Gasteiger partial charge < -0.3 is 9.47 Å². The van der Waals surface area contributed by atoms with E-state index in [0.29, 0.717) is 0 Å². The maximum absolute atomic E-state index is 12.6. The molecule has 0 bridgehead atoms. The van der Waals surface area contributed by atoms with Crippen LogP contribution in [0.25, 0.3) is 0 Å². The van der Waals surface area contributed by atoms with Crippen molar-refractivity contribution < 1.29 is 18.3 Å². The standard InChI is InChI=1S/C8H2ClF2NO2/c9-5-1-4(3-12)2-6-7(5)14-8(10,11)13-6/h1-2H. The maximum atomic E-state index is 12.6. The number of hydrogen-bond acceptors (Lipinski definition) is 3. The zero-order valence-electron chi connectivity index (χ0n) is 6.55. The molecular weight excluding hydrogens is 216 g/mol. The van der Waals surface area contributed by atoms with E-state index in [4.69, 9.17) is 16.9 Å². The molecule has 72 valence electrons. The van der Waals surface area contributed by atoms with Gasteiger partial charge in [-0.25, -0.2) is 0 Å². The third kappa shape index (κ3) is 1.34. The van der Waals surface area contributed by atoms with Gasteiger partial charge in [-0.3, -0.25) is 0 Å². The van der Waals surface area contributed by atoms with Crippen LogP contribution in [0.1, 0.15) is 5.56 Å². The Balaban J connectivity index is 2.54. The lowest BCUT2D eigenvalue weighted by Crippen LogP contribution is -2.26. The van der Waals surface area contributed by atoms with Crippen molar-refractivity contribution in [3.63, 3.8) is 0 Å². The van der Waals surface area contributed by atoms with Crippen LogP contribution < -0.4 is 9.47 Å². The lowest BCUT2D eigenvalue weighted by molar-refractivity contribution is -0.286. The number of nitrogens with zero attached hydrogens (tertiary/aromatic N) is 1. The second-order valence-electron chi connectivity index (χ2n) is 2.56. The molecule has 0 aliphatic carbocycles. The molecule has 1 aliphatic heterocycles. The van der Waals surface area contributed by atoms with E-state index < -0.39 is 6.29 Å². The van der Waals surface area contributed by atoms with Crippen molar-refractivity contribution in [2.24, 2.45) is 0 Å². The summed E-state index contributed by atoms with van der Waals surface area (Å²) < 4.78 is 33.4. The first-order chi connectivity index (χ1) is 6.52. The summed E-state index contributed by atoms with van der Waals surface area (Å²) >= 11 is 5.59. The van der Waals surface area contributed by atoms with E-state index in [2.05, 4.69) is 9.47 Å². The Kier molecular flexibility index (Phi) is 1.76. The van der Waals surface area contributed by atoms with Gasteiger partial charge in [-0.2, -0.15) is 5.26 Å². The fourth-order valence-electron chi connectivity index (χ4n) is 1.08. The highest BCUT2D eigenvalue weighted by atomic mass is 35.5. The highest BCUT2D eigenvalue weighted by molar-refractivity contribution is 6.32. The Morgan fingerprint density at radius 2 is 2.07 bits per heavy atom. The monoisotopic (exact) mass is 217 g/mol. The number of alkyl halides is 2. The van der Waals surface area contributed by atoms with E-state index in [1.165, 1.54) is 6.07 Å². The minimum Gasteiger partial charge on any atom is -0.395 e. The molecule has 1 aromatic carbocycles. The smallest absolute Gasteiger partial charge is 0.395 e. The van der Waals surface area contributed by atoms with Crippen molar-refractivity contribution >= 4 is 11.6 Å². The van der Waals surface area contributed by atoms with Gasteiger partial charge in [0, 0.05) is 6.07 Å². The molecule has 0 fully saturated rings. The molecule has 0 saturated carbocycles. The summed E-state index contributed by atoms with van der Waals surface area (Å²) in [5.41, 5.74) is 0.134. The summed E-state index contributed by atoms with van der Waals surface area (Å²) in [5.74, 6) is -0.463. The number of halogens is 3. The highest BCUT2D eigenvalue weighted by Crippen LogP contribution is 2.45. The molecule has 0 spiro atoms. The van der Waals surface area contributed by atoms with Crippen LogP contribution in [-0.2, 0) is 0 Å². The molecular formula is C8H2ClF2NO2. The molecule has 0 radical (unpaired) electrons. The van der Waals surface area contributed by atoms with E-state index in [1.54, 1.807) is 6.07 Å². The van der Waals surface area contributed by atoms with Gasteiger partial charge in [0.05, 0.1) is 16.7 Å². The molecule has 0 unspecified atom stereocenters. The van der Waals surface area contributed by atoms with E-state index in [9.17, 15) is 8.78 Å². The number of ether oxygens (including phenoxy) is 2. The highest BCUT2D eigenvalue weighted by Gasteiger charge is 2.44. The minimum absolute atomic E-state index is 0.0729. The summed E-state index contributed by atoms with van der Waals surface area (Å²) in [7, 11) is 0. The summed E-state index contributed by atoms with van der Waals surface area (Å²) in [6, 6.07) is 4.13. The van der Waals surface area contributed by atoms with Gasteiger partial charge in [-0.05, 0) is 6.07 Å². The van der Waals surface area contributed by atoms with Crippen LogP contribution in [0.3, 0.4) is 0 Å². The van der Waals surface area contributed by atoms with Crippen molar-refractivity contribution in [2.45, 2.75) is 6.29 Å². The van der Waals surface area contributed by atoms with Gasteiger partial charge in [-0.15, -0.1) is 8.78 Å². The minimum atomic E-state index is -3.71. The SMILES string of the molecule is N#Cc1cc(Cl)c2c(c1)OC(F)(F)O2. The summed E-state index contributed by atoms with van der Waals surface area (Å²) in [5, 5.41) is 8.46. The van der Waals surface area contributed by atoms with Crippen LogP contribution in [0, 0.1) is 11.3 Å².